The van der Waals surface area contributed by atoms with Crippen molar-refractivity contribution in [2.24, 2.45) is 7.05 Å². The molecule has 0 atom stereocenters. The summed E-state index contributed by atoms with van der Waals surface area (Å²) in [5.41, 5.74) is 1.40. The van der Waals surface area contributed by atoms with Crippen LogP contribution in [0, 0.1) is 28.7 Å². The van der Waals surface area contributed by atoms with Crippen molar-refractivity contribution < 1.29 is 13.7 Å². The molecule has 1 heterocycles. The van der Waals surface area contributed by atoms with Gasteiger partial charge in [0.25, 0.3) is 5.69 Å². The van der Waals surface area contributed by atoms with Gasteiger partial charge >= 0.3 is 0 Å². The largest absolute Gasteiger partial charge is 0.338 e. The van der Waals surface area contributed by atoms with Crippen molar-refractivity contribution in [3.8, 4) is 11.1 Å². The molecule has 2 aromatic carbocycles. The SMILES string of the molecule is Cc1nn(C)c(Nc2ccc([N+](=O)[O-])cc2F)c1-c1ccc(F)cc1Cl. The van der Waals surface area contributed by atoms with Crippen LogP contribution in [0.15, 0.2) is 36.4 Å². The van der Waals surface area contributed by atoms with Crippen LogP contribution in [-0.2, 0) is 7.05 Å². The Morgan fingerprint density at radius 1 is 1.23 bits per heavy atom. The fraction of sp³-hybridized carbons (Fsp3) is 0.118. The normalized spacial score (nSPS) is 10.8. The van der Waals surface area contributed by atoms with Crippen LogP contribution in [0.5, 0.6) is 0 Å². The summed E-state index contributed by atoms with van der Waals surface area (Å²) in [5, 5.41) is 18.1. The maximum atomic E-state index is 14.2. The van der Waals surface area contributed by atoms with Crippen LogP contribution in [0.4, 0.5) is 26.0 Å². The lowest BCUT2D eigenvalue weighted by atomic mass is 10.1. The van der Waals surface area contributed by atoms with Gasteiger partial charge in [0.1, 0.15) is 11.6 Å². The molecule has 1 aromatic heterocycles. The van der Waals surface area contributed by atoms with Crippen molar-refractivity contribution in [2.45, 2.75) is 6.92 Å². The highest BCUT2D eigenvalue weighted by Crippen LogP contribution is 2.38. The smallest absolute Gasteiger partial charge is 0.272 e. The second kappa shape index (κ2) is 6.72. The van der Waals surface area contributed by atoms with Crippen LogP contribution in [0.1, 0.15) is 5.69 Å². The quantitative estimate of drug-likeness (QED) is 0.513. The number of aryl methyl sites for hydroxylation is 2. The Labute approximate surface area is 152 Å². The molecule has 0 aliphatic rings. The molecule has 0 saturated heterocycles. The van der Waals surface area contributed by atoms with Crippen LogP contribution >= 0.6 is 11.6 Å². The second-order valence-corrected chi connectivity index (χ2v) is 6.01. The molecule has 134 valence electrons. The summed E-state index contributed by atoms with van der Waals surface area (Å²) in [4.78, 5) is 10.1. The second-order valence-electron chi connectivity index (χ2n) is 5.60. The number of nitrogens with zero attached hydrogens (tertiary/aromatic N) is 3. The molecular formula is C17H13ClF2N4O2. The Kier molecular flexibility index (Phi) is 4.60. The van der Waals surface area contributed by atoms with E-state index in [9.17, 15) is 18.9 Å². The lowest BCUT2D eigenvalue weighted by Crippen LogP contribution is -2.02. The first-order valence-corrected chi connectivity index (χ1v) is 7.85. The molecule has 3 aromatic rings. The zero-order chi connectivity index (χ0) is 19.0. The van der Waals surface area contributed by atoms with E-state index in [2.05, 4.69) is 10.4 Å². The summed E-state index contributed by atoms with van der Waals surface area (Å²) in [7, 11) is 1.65. The van der Waals surface area contributed by atoms with E-state index in [0.29, 0.717) is 22.6 Å². The first kappa shape index (κ1) is 17.8. The van der Waals surface area contributed by atoms with E-state index in [-0.39, 0.29) is 16.4 Å². The van der Waals surface area contributed by atoms with Crippen LogP contribution in [0.3, 0.4) is 0 Å². The summed E-state index contributed by atoms with van der Waals surface area (Å²) in [5.74, 6) is -0.839. The minimum Gasteiger partial charge on any atom is -0.338 e. The topological polar surface area (TPSA) is 73.0 Å². The number of halogens is 3. The van der Waals surface area contributed by atoms with E-state index in [1.165, 1.54) is 35.0 Å². The number of anilines is 2. The maximum absolute atomic E-state index is 14.2. The van der Waals surface area contributed by atoms with Gasteiger partial charge in [0, 0.05) is 24.2 Å². The zero-order valence-electron chi connectivity index (χ0n) is 13.8. The summed E-state index contributed by atoms with van der Waals surface area (Å²) in [6.07, 6.45) is 0. The number of hydrogen-bond acceptors (Lipinski definition) is 4. The van der Waals surface area contributed by atoms with Crippen molar-refractivity contribution in [2.75, 3.05) is 5.32 Å². The third-order valence-electron chi connectivity index (χ3n) is 3.84. The van der Waals surface area contributed by atoms with Crippen LogP contribution < -0.4 is 5.32 Å². The van der Waals surface area contributed by atoms with E-state index in [1.54, 1.807) is 14.0 Å². The van der Waals surface area contributed by atoms with Crippen molar-refractivity contribution in [3.63, 3.8) is 0 Å². The Balaban J connectivity index is 2.08. The molecule has 0 aliphatic carbocycles. The van der Waals surface area contributed by atoms with Gasteiger partial charge in [-0.3, -0.25) is 14.8 Å². The Morgan fingerprint density at radius 3 is 2.58 bits per heavy atom. The van der Waals surface area contributed by atoms with Crippen molar-refractivity contribution in [1.29, 1.82) is 0 Å². The van der Waals surface area contributed by atoms with Gasteiger partial charge in [-0.15, -0.1) is 0 Å². The standard InChI is InChI=1S/C17H13ClF2N4O2/c1-9-16(12-5-3-10(19)7-13(12)18)17(23(2)22-9)21-15-6-4-11(24(25)26)8-14(15)20/h3-8,21H,1-2H3. The van der Waals surface area contributed by atoms with E-state index < -0.39 is 16.6 Å². The molecule has 1 N–H and O–H groups in total. The first-order valence-electron chi connectivity index (χ1n) is 7.48. The van der Waals surface area contributed by atoms with Gasteiger partial charge in [-0.25, -0.2) is 8.78 Å². The Hall–Kier alpha value is -3.00. The number of nitrogens with one attached hydrogen (secondary N) is 1. The van der Waals surface area contributed by atoms with Crippen molar-refractivity contribution >= 4 is 28.8 Å². The molecule has 9 heteroatoms. The third kappa shape index (κ3) is 3.23. The van der Waals surface area contributed by atoms with Crippen LogP contribution in [-0.4, -0.2) is 14.7 Å². The molecule has 0 unspecified atom stereocenters. The molecule has 26 heavy (non-hydrogen) atoms. The molecule has 0 bridgehead atoms. The highest BCUT2D eigenvalue weighted by Gasteiger charge is 2.20. The van der Waals surface area contributed by atoms with Crippen molar-refractivity contribution in [3.05, 3.63) is 68.9 Å². The lowest BCUT2D eigenvalue weighted by Gasteiger charge is -2.12. The summed E-state index contributed by atoms with van der Waals surface area (Å²) >= 11 is 6.15. The van der Waals surface area contributed by atoms with E-state index in [4.69, 9.17) is 11.6 Å². The van der Waals surface area contributed by atoms with E-state index in [1.807, 2.05) is 0 Å². The average Bonchev–Trinajstić information content (AvgIpc) is 2.83. The summed E-state index contributed by atoms with van der Waals surface area (Å²) < 4.78 is 29.1. The fourth-order valence-corrected chi connectivity index (χ4v) is 2.92. The molecule has 3 rings (SSSR count). The Bertz CT molecular complexity index is 1020. The number of nitro benzene ring substituents is 1. The predicted molar refractivity (Wildman–Crippen MR) is 94.7 cm³/mol. The predicted octanol–water partition coefficient (Wildman–Crippen LogP) is 4.98. The lowest BCUT2D eigenvalue weighted by molar-refractivity contribution is -0.385. The number of rotatable bonds is 4. The number of hydrogen-bond donors (Lipinski definition) is 1. The average molecular weight is 379 g/mol. The molecular weight excluding hydrogens is 366 g/mol. The third-order valence-corrected chi connectivity index (χ3v) is 4.15. The zero-order valence-corrected chi connectivity index (χ0v) is 14.5. The summed E-state index contributed by atoms with van der Waals surface area (Å²) in [6.45, 7) is 1.74. The minimum absolute atomic E-state index is 0.0399. The number of aromatic nitrogens is 2. The Morgan fingerprint density at radius 2 is 1.96 bits per heavy atom. The minimum atomic E-state index is -0.783. The molecule has 0 radical (unpaired) electrons. The fourth-order valence-electron chi connectivity index (χ4n) is 2.66. The van der Waals surface area contributed by atoms with Crippen molar-refractivity contribution in [1.82, 2.24) is 9.78 Å². The maximum Gasteiger partial charge on any atom is 0.272 e. The first-order chi connectivity index (χ1) is 12.3. The summed E-state index contributed by atoms with van der Waals surface area (Å²) in [6, 6.07) is 7.25. The number of nitro groups is 1. The molecule has 6 nitrogen and oxygen atoms in total. The molecule has 0 amide bonds. The van der Waals surface area contributed by atoms with Gasteiger partial charge in [0.15, 0.2) is 5.82 Å². The van der Waals surface area contributed by atoms with Gasteiger partial charge < -0.3 is 5.32 Å². The van der Waals surface area contributed by atoms with Gasteiger partial charge in [0.05, 0.1) is 27.4 Å². The highest BCUT2D eigenvalue weighted by atomic mass is 35.5. The van der Waals surface area contributed by atoms with Crippen LogP contribution in [0.25, 0.3) is 11.1 Å². The molecule has 0 fully saturated rings. The molecule has 0 aliphatic heterocycles. The van der Waals surface area contributed by atoms with Gasteiger partial charge in [-0.05, 0) is 31.2 Å². The van der Waals surface area contributed by atoms with Gasteiger partial charge in [-0.1, -0.05) is 11.6 Å². The number of benzene rings is 2. The van der Waals surface area contributed by atoms with Crippen LogP contribution in [0.2, 0.25) is 5.02 Å². The molecule has 0 saturated carbocycles. The van der Waals surface area contributed by atoms with E-state index >= 15 is 0 Å². The number of non-ortho nitro benzene ring substituents is 1. The van der Waals surface area contributed by atoms with Gasteiger partial charge in [-0.2, -0.15) is 5.10 Å². The monoisotopic (exact) mass is 378 g/mol. The highest BCUT2D eigenvalue weighted by molar-refractivity contribution is 6.33. The van der Waals surface area contributed by atoms with Gasteiger partial charge in [0.2, 0.25) is 0 Å². The van der Waals surface area contributed by atoms with E-state index in [0.717, 1.165) is 6.07 Å². The molecule has 0 spiro atoms.